The number of rotatable bonds is 5. The van der Waals surface area contributed by atoms with Crippen molar-refractivity contribution in [3.63, 3.8) is 0 Å². The van der Waals surface area contributed by atoms with Crippen molar-refractivity contribution in [2.45, 2.75) is 25.8 Å². The first kappa shape index (κ1) is 23.9. The van der Waals surface area contributed by atoms with Gasteiger partial charge in [0.15, 0.2) is 5.78 Å². The zero-order chi connectivity index (χ0) is 24.5. The van der Waals surface area contributed by atoms with E-state index >= 15 is 0 Å². The van der Waals surface area contributed by atoms with Crippen LogP contribution in [0.3, 0.4) is 0 Å². The number of carbonyl (C=O) groups excluding carboxylic acids is 2. The topological polar surface area (TPSA) is 67.4 Å². The van der Waals surface area contributed by atoms with Gasteiger partial charge in [0.2, 0.25) is 0 Å². The normalized spacial score (nSPS) is 15.3. The summed E-state index contributed by atoms with van der Waals surface area (Å²) in [6.07, 6.45) is 2.41. The van der Waals surface area contributed by atoms with Gasteiger partial charge in [0.25, 0.3) is 5.91 Å². The SMILES string of the molecule is COc1ccc2c(c1)C(=CC(=O)c1cccc(NC(=O)c3c(Cl)cccc3Cl)c1)NC(C)(C)C2. The summed E-state index contributed by atoms with van der Waals surface area (Å²) in [6, 6.07) is 17.5. The number of ketones is 1. The van der Waals surface area contributed by atoms with Gasteiger partial charge in [0, 0.05) is 34.1 Å². The highest BCUT2D eigenvalue weighted by atomic mass is 35.5. The van der Waals surface area contributed by atoms with Crippen LogP contribution in [-0.4, -0.2) is 24.3 Å². The monoisotopic (exact) mass is 494 g/mol. The molecule has 5 nitrogen and oxygen atoms in total. The molecule has 0 saturated carbocycles. The Morgan fingerprint density at radius 3 is 2.44 bits per heavy atom. The van der Waals surface area contributed by atoms with Crippen LogP contribution < -0.4 is 15.4 Å². The molecular formula is C27H24Cl2N2O3. The zero-order valence-corrected chi connectivity index (χ0v) is 20.6. The lowest BCUT2D eigenvalue weighted by atomic mass is 9.85. The Morgan fingerprint density at radius 1 is 1.03 bits per heavy atom. The molecule has 3 aromatic rings. The highest BCUT2D eigenvalue weighted by molar-refractivity contribution is 6.40. The molecule has 0 aromatic heterocycles. The fourth-order valence-corrected chi connectivity index (χ4v) is 4.60. The lowest BCUT2D eigenvalue weighted by Gasteiger charge is -2.35. The van der Waals surface area contributed by atoms with Crippen LogP contribution in [0.2, 0.25) is 10.0 Å². The number of halogens is 2. The Balaban J connectivity index is 1.62. The minimum Gasteiger partial charge on any atom is -0.497 e. The summed E-state index contributed by atoms with van der Waals surface area (Å²) in [5.74, 6) is 0.0812. The first-order valence-corrected chi connectivity index (χ1v) is 11.5. The third-order valence-corrected chi connectivity index (χ3v) is 6.21. The number of hydrogen-bond acceptors (Lipinski definition) is 4. The van der Waals surface area contributed by atoms with Gasteiger partial charge in [-0.3, -0.25) is 9.59 Å². The van der Waals surface area contributed by atoms with E-state index < -0.39 is 5.91 Å². The average Bonchev–Trinajstić information content (AvgIpc) is 2.78. The molecule has 0 bridgehead atoms. The maximum atomic E-state index is 13.2. The Hall–Kier alpha value is -3.28. The van der Waals surface area contributed by atoms with Crippen molar-refractivity contribution in [3.8, 4) is 5.75 Å². The van der Waals surface area contributed by atoms with Crippen LogP contribution in [0, 0.1) is 0 Å². The molecule has 1 aliphatic heterocycles. The van der Waals surface area contributed by atoms with E-state index in [0.29, 0.717) is 11.3 Å². The Morgan fingerprint density at radius 2 is 1.74 bits per heavy atom. The number of amides is 1. The molecular weight excluding hydrogens is 471 g/mol. The molecule has 3 aromatic carbocycles. The zero-order valence-electron chi connectivity index (χ0n) is 19.0. The van der Waals surface area contributed by atoms with Crippen molar-refractivity contribution in [2.24, 2.45) is 0 Å². The van der Waals surface area contributed by atoms with E-state index in [1.54, 1.807) is 55.7 Å². The molecule has 1 aliphatic rings. The number of allylic oxidation sites excluding steroid dienone is 1. The van der Waals surface area contributed by atoms with Crippen LogP contribution >= 0.6 is 23.2 Å². The summed E-state index contributed by atoms with van der Waals surface area (Å²) < 4.78 is 5.38. The quantitative estimate of drug-likeness (QED) is 0.318. The molecule has 4 rings (SSSR count). The molecule has 1 heterocycles. The van der Waals surface area contributed by atoms with Gasteiger partial charge >= 0.3 is 0 Å². The molecule has 7 heteroatoms. The van der Waals surface area contributed by atoms with Crippen LogP contribution in [0.5, 0.6) is 5.75 Å². The number of ether oxygens (including phenoxy) is 1. The number of methoxy groups -OCH3 is 1. The fourth-order valence-electron chi connectivity index (χ4n) is 4.03. The van der Waals surface area contributed by atoms with Gasteiger partial charge in [-0.1, -0.05) is 47.5 Å². The lowest BCUT2D eigenvalue weighted by Crippen LogP contribution is -2.43. The Kier molecular flexibility index (Phi) is 6.69. The van der Waals surface area contributed by atoms with Crippen molar-refractivity contribution < 1.29 is 14.3 Å². The van der Waals surface area contributed by atoms with E-state index in [9.17, 15) is 9.59 Å². The molecule has 0 spiro atoms. The summed E-state index contributed by atoms with van der Waals surface area (Å²) in [6.45, 7) is 4.18. The standard InChI is InChI=1S/C27H24Cl2N2O3/c1-27(2)15-17-10-11-19(34-3)13-20(17)23(31-27)14-24(32)16-6-4-7-18(12-16)30-26(33)25-21(28)8-5-9-22(25)29/h4-14,31H,15H2,1-3H3,(H,30,33). The Labute approximate surface area is 208 Å². The van der Waals surface area contributed by atoms with Gasteiger partial charge in [-0.25, -0.2) is 0 Å². The molecule has 1 amide bonds. The maximum Gasteiger partial charge on any atom is 0.258 e. The van der Waals surface area contributed by atoms with Crippen molar-refractivity contribution in [3.05, 3.63) is 99.0 Å². The first-order valence-electron chi connectivity index (χ1n) is 10.7. The lowest BCUT2D eigenvalue weighted by molar-refractivity contribution is 0.102. The maximum absolute atomic E-state index is 13.2. The first-order chi connectivity index (χ1) is 16.2. The average molecular weight is 495 g/mol. The molecule has 34 heavy (non-hydrogen) atoms. The summed E-state index contributed by atoms with van der Waals surface area (Å²) >= 11 is 12.3. The molecule has 0 aliphatic carbocycles. The summed E-state index contributed by atoms with van der Waals surface area (Å²) in [4.78, 5) is 25.9. The van der Waals surface area contributed by atoms with Gasteiger partial charge in [-0.15, -0.1) is 0 Å². The molecule has 2 N–H and O–H groups in total. The second-order valence-electron chi connectivity index (χ2n) is 8.76. The van der Waals surface area contributed by atoms with Crippen molar-refractivity contribution in [1.82, 2.24) is 5.32 Å². The number of carbonyl (C=O) groups is 2. The van der Waals surface area contributed by atoms with Crippen LogP contribution in [0.15, 0.2) is 66.7 Å². The fraction of sp³-hybridized carbons (Fsp3) is 0.185. The number of fused-ring (bicyclic) bond motifs is 1. The van der Waals surface area contributed by atoms with Crippen LogP contribution in [0.1, 0.15) is 45.7 Å². The minimum absolute atomic E-state index is 0.184. The highest BCUT2D eigenvalue weighted by Gasteiger charge is 2.28. The van der Waals surface area contributed by atoms with E-state index in [2.05, 4.69) is 24.5 Å². The van der Waals surface area contributed by atoms with Crippen molar-refractivity contribution in [2.75, 3.05) is 12.4 Å². The van der Waals surface area contributed by atoms with Gasteiger partial charge in [0.1, 0.15) is 5.75 Å². The predicted molar refractivity (Wildman–Crippen MR) is 137 cm³/mol. The second kappa shape index (κ2) is 9.53. The predicted octanol–water partition coefficient (Wildman–Crippen LogP) is 6.40. The largest absolute Gasteiger partial charge is 0.497 e. The molecule has 174 valence electrons. The number of benzene rings is 3. The summed E-state index contributed by atoms with van der Waals surface area (Å²) in [7, 11) is 1.62. The van der Waals surface area contributed by atoms with Gasteiger partial charge in [0.05, 0.1) is 22.7 Å². The Bertz CT molecular complexity index is 1290. The number of hydrogen-bond donors (Lipinski definition) is 2. The van der Waals surface area contributed by atoms with E-state index in [4.69, 9.17) is 27.9 Å². The van der Waals surface area contributed by atoms with Crippen LogP contribution in [0.4, 0.5) is 5.69 Å². The van der Waals surface area contributed by atoms with Crippen LogP contribution in [-0.2, 0) is 6.42 Å². The summed E-state index contributed by atoms with van der Waals surface area (Å²) in [5.41, 5.74) is 3.68. The smallest absolute Gasteiger partial charge is 0.258 e. The van der Waals surface area contributed by atoms with Crippen LogP contribution in [0.25, 0.3) is 5.70 Å². The van der Waals surface area contributed by atoms with Gasteiger partial charge < -0.3 is 15.4 Å². The van der Waals surface area contributed by atoms with Gasteiger partial charge in [-0.2, -0.15) is 0 Å². The molecule has 0 unspecified atom stereocenters. The second-order valence-corrected chi connectivity index (χ2v) is 9.58. The molecule has 0 fully saturated rings. The van der Waals surface area contributed by atoms with Crippen molar-refractivity contribution in [1.29, 1.82) is 0 Å². The van der Waals surface area contributed by atoms with E-state index in [1.807, 2.05) is 18.2 Å². The van der Waals surface area contributed by atoms with E-state index in [-0.39, 0.29) is 26.9 Å². The third kappa shape index (κ3) is 5.11. The molecule has 0 saturated heterocycles. The number of anilines is 1. The van der Waals surface area contributed by atoms with Gasteiger partial charge in [-0.05, 0) is 62.2 Å². The van der Waals surface area contributed by atoms with E-state index in [1.165, 1.54) is 0 Å². The molecule has 0 atom stereocenters. The minimum atomic E-state index is -0.449. The van der Waals surface area contributed by atoms with Crippen molar-refractivity contribution >= 4 is 46.3 Å². The highest BCUT2D eigenvalue weighted by Crippen LogP contribution is 2.32. The molecule has 0 radical (unpaired) electrons. The van der Waals surface area contributed by atoms with E-state index in [0.717, 1.165) is 29.0 Å². The summed E-state index contributed by atoms with van der Waals surface area (Å²) in [5, 5.41) is 6.74. The number of nitrogens with one attached hydrogen (secondary N) is 2. The third-order valence-electron chi connectivity index (χ3n) is 5.58.